The van der Waals surface area contributed by atoms with E-state index in [-0.39, 0.29) is 11.8 Å². The number of hydroxylamine groups is 1. The van der Waals surface area contributed by atoms with Crippen LogP contribution < -0.4 is 19.4 Å². The molecule has 0 spiro atoms. The van der Waals surface area contributed by atoms with Crippen LogP contribution in [0.4, 0.5) is 11.4 Å². The topological polar surface area (TPSA) is 68.3 Å². The fourth-order valence-corrected chi connectivity index (χ4v) is 4.61. The molecule has 0 aromatic heterocycles. The summed E-state index contributed by atoms with van der Waals surface area (Å²) in [6.07, 6.45) is -0.0352. The first-order valence-electron chi connectivity index (χ1n) is 11.4. The molecule has 7 nitrogen and oxygen atoms in total. The molecule has 0 saturated carbocycles. The monoisotopic (exact) mass is 458 g/mol. The predicted molar refractivity (Wildman–Crippen MR) is 128 cm³/mol. The van der Waals surface area contributed by atoms with Gasteiger partial charge in [0.25, 0.3) is 5.91 Å². The van der Waals surface area contributed by atoms with E-state index in [1.165, 1.54) is 4.90 Å². The molecule has 2 fully saturated rings. The molecule has 0 N–H and O–H groups in total. The molecule has 0 bridgehead atoms. The van der Waals surface area contributed by atoms with Crippen LogP contribution in [0.5, 0.6) is 11.5 Å². The van der Waals surface area contributed by atoms with Crippen LogP contribution in [0.3, 0.4) is 0 Å². The summed E-state index contributed by atoms with van der Waals surface area (Å²) in [5.74, 6) is -0.0701. The zero-order valence-electron chi connectivity index (χ0n) is 19.1. The molecule has 34 heavy (non-hydrogen) atoms. The average molecular weight is 459 g/mol. The van der Waals surface area contributed by atoms with Crippen molar-refractivity contribution in [3.8, 4) is 11.5 Å². The lowest BCUT2D eigenvalue weighted by atomic mass is 9.90. The van der Waals surface area contributed by atoms with Gasteiger partial charge in [-0.3, -0.25) is 14.4 Å². The van der Waals surface area contributed by atoms with Crippen molar-refractivity contribution in [3.63, 3.8) is 0 Å². The zero-order chi connectivity index (χ0) is 23.7. The molecule has 174 valence electrons. The number of ether oxygens (including phenoxy) is 2. The van der Waals surface area contributed by atoms with E-state index in [0.717, 1.165) is 17.7 Å². The number of carbonyl (C=O) groups excluding carboxylic acids is 2. The number of methoxy groups -OCH3 is 1. The molecule has 0 radical (unpaired) electrons. The smallest absolute Gasteiger partial charge is 0.266 e. The van der Waals surface area contributed by atoms with Crippen LogP contribution in [0.15, 0.2) is 78.9 Å². The van der Waals surface area contributed by atoms with E-state index in [9.17, 15) is 9.59 Å². The number of imide groups is 1. The third-order valence-electron chi connectivity index (χ3n) is 6.15. The highest BCUT2D eigenvalue weighted by Gasteiger charge is 2.60. The largest absolute Gasteiger partial charge is 0.496 e. The molecule has 2 heterocycles. The van der Waals surface area contributed by atoms with Gasteiger partial charge in [0, 0.05) is 5.56 Å². The molecule has 2 aliphatic heterocycles. The minimum absolute atomic E-state index is 0.299. The SMILES string of the molecule is CCCOc1ccc(N2C(=O)[C@@H]3[C@H](ON(c4ccccc4)[C@H]3c3ccccc3OC)C2=O)cc1. The first-order chi connectivity index (χ1) is 16.6. The van der Waals surface area contributed by atoms with Gasteiger partial charge in [-0.2, -0.15) is 0 Å². The predicted octanol–water partition coefficient (Wildman–Crippen LogP) is 4.54. The number of anilines is 2. The Labute approximate surface area is 198 Å². The third-order valence-corrected chi connectivity index (χ3v) is 6.15. The van der Waals surface area contributed by atoms with Crippen molar-refractivity contribution in [1.82, 2.24) is 0 Å². The van der Waals surface area contributed by atoms with Gasteiger partial charge < -0.3 is 9.47 Å². The Morgan fingerprint density at radius 1 is 0.853 bits per heavy atom. The average Bonchev–Trinajstić information content (AvgIpc) is 3.39. The summed E-state index contributed by atoms with van der Waals surface area (Å²) in [6.45, 7) is 2.64. The van der Waals surface area contributed by atoms with Gasteiger partial charge in [-0.15, -0.1) is 0 Å². The number of hydrogen-bond donors (Lipinski definition) is 0. The minimum atomic E-state index is -0.932. The van der Waals surface area contributed by atoms with E-state index in [1.54, 1.807) is 36.4 Å². The number of rotatable bonds is 7. The maximum Gasteiger partial charge on any atom is 0.266 e. The summed E-state index contributed by atoms with van der Waals surface area (Å²) in [6, 6.07) is 23.5. The van der Waals surface area contributed by atoms with Crippen LogP contribution in [0, 0.1) is 5.92 Å². The summed E-state index contributed by atoms with van der Waals surface area (Å²) >= 11 is 0. The van der Waals surface area contributed by atoms with E-state index in [1.807, 2.05) is 61.5 Å². The van der Waals surface area contributed by atoms with Crippen LogP contribution in [-0.2, 0) is 14.4 Å². The molecule has 5 rings (SSSR count). The van der Waals surface area contributed by atoms with E-state index in [2.05, 4.69) is 0 Å². The molecular weight excluding hydrogens is 432 g/mol. The third kappa shape index (κ3) is 3.68. The summed E-state index contributed by atoms with van der Waals surface area (Å²) in [4.78, 5) is 34.6. The summed E-state index contributed by atoms with van der Waals surface area (Å²) in [7, 11) is 1.59. The van der Waals surface area contributed by atoms with Crippen LogP contribution in [0.1, 0.15) is 24.9 Å². The van der Waals surface area contributed by atoms with Crippen LogP contribution in [-0.4, -0.2) is 31.6 Å². The maximum atomic E-state index is 13.7. The van der Waals surface area contributed by atoms with Gasteiger partial charge in [-0.05, 0) is 48.9 Å². The van der Waals surface area contributed by atoms with Crippen molar-refractivity contribution in [1.29, 1.82) is 0 Å². The number of carbonyl (C=O) groups is 2. The molecule has 2 saturated heterocycles. The minimum Gasteiger partial charge on any atom is -0.496 e. The highest BCUT2D eigenvalue weighted by Crippen LogP contribution is 2.49. The van der Waals surface area contributed by atoms with Crippen molar-refractivity contribution in [2.45, 2.75) is 25.5 Å². The molecule has 3 atom stereocenters. The summed E-state index contributed by atoms with van der Waals surface area (Å²) in [5, 5.41) is 1.67. The van der Waals surface area contributed by atoms with Gasteiger partial charge >= 0.3 is 0 Å². The second-order valence-electron chi connectivity index (χ2n) is 8.25. The lowest BCUT2D eigenvalue weighted by Crippen LogP contribution is -2.37. The zero-order valence-corrected chi connectivity index (χ0v) is 19.1. The fourth-order valence-electron chi connectivity index (χ4n) is 4.61. The Morgan fingerprint density at radius 3 is 2.26 bits per heavy atom. The van der Waals surface area contributed by atoms with Gasteiger partial charge in [0.15, 0.2) is 6.10 Å². The highest BCUT2D eigenvalue weighted by molar-refractivity contribution is 6.24. The quantitative estimate of drug-likeness (QED) is 0.485. The molecule has 0 unspecified atom stereocenters. The Morgan fingerprint density at radius 2 is 1.56 bits per heavy atom. The van der Waals surface area contributed by atoms with Gasteiger partial charge in [-0.1, -0.05) is 43.3 Å². The first kappa shape index (κ1) is 22.0. The van der Waals surface area contributed by atoms with Crippen molar-refractivity contribution in [2.24, 2.45) is 5.92 Å². The number of nitrogens with zero attached hydrogens (tertiary/aromatic N) is 2. The maximum absolute atomic E-state index is 13.7. The molecule has 2 amide bonds. The first-order valence-corrected chi connectivity index (χ1v) is 11.4. The van der Waals surface area contributed by atoms with Crippen LogP contribution >= 0.6 is 0 Å². The number of benzene rings is 3. The summed E-state index contributed by atoms with van der Waals surface area (Å²) in [5.41, 5.74) is 2.05. The van der Waals surface area contributed by atoms with Crippen molar-refractivity contribution in [2.75, 3.05) is 23.7 Å². The van der Waals surface area contributed by atoms with Gasteiger partial charge in [0.1, 0.15) is 17.4 Å². The molecule has 3 aromatic carbocycles. The lowest BCUT2D eigenvalue weighted by molar-refractivity contribution is -0.126. The molecule has 0 aliphatic carbocycles. The van der Waals surface area contributed by atoms with E-state index >= 15 is 0 Å². The van der Waals surface area contributed by atoms with E-state index < -0.39 is 18.1 Å². The van der Waals surface area contributed by atoms with Crippen LogP contribution in [0.25, 0.3) is 0 Å². The number of hydrogen-bond acceptors (Lipinski definition) is 6. The van der Waals surface area contributed by atoms with Gasteiger partial charge in [0.05, 0.1) is 31.1 Å². The number of amides is 2. The van der Waals surface area contributed by atoms with Crippen molar-refractivity contribution >= 4 is 23.2 Å². The van der Waals surface area contributed by atoms with E-state index in [0.29, 0.717) is 23.8 Å². The standard InChI is InChI=1S/C27H26N2O5/c1-3-17-33-20-15-13-18(14-16-20)28-26(30)23-24(21-11-7-8-12-22(21)32-2)29(34-25(23)27(28)31)19-9-5-4-6-10-19/h4-16,23-25H,3,17H2,1-2H3/t23-,24-,25-/m0/s1. The molecule has 7 heteroatoms. The van der Waals surface area contributed by atoms with Crippen molar-refractivity contribution < 1.29 is 23.9 Å². The second kappa shape index (κ2) is 9.19. The second-order valence-corrected chi connectivity index (χ2v) is 8.25. The highest BCUT2D eigenvalue weighted by atomic mass is 16.7. The van der Waals surface area contributed by atoms with Crippen LogP contribution in [0.2, 0.25) is 0 Å². The normalized spacial score (nSPS) is 21.6. The van der Waals surface area contributed by atoms with Gasteiger partial charge in [0.2, 0.25) is 5.91 Å². The Kier molecular flexibility index (Phi) is 5.94. The fraction of sp³-hybridized carbons (Fsp3) is 0.259. The number of fused-ring (bicyclic) bond motifs is 1. The Bertz CT molecular complexity index is 1180. The number of para-hydroxylation sites is 2. The summed E-state index contributed by atoms with van der Waals surface area (Å²) < 4.78 is 11.2. The van der Waals surface area contributed by atoms with Crippen molar-refractivity contribution in [3.05, 3.63) is 84.4 Å². The Balaban J connectivity index is 1.52. The molecule has 3 aromatic rings. The Hall–Kier alpha value is -3.84. The molecule has 2 aliphatic rings. The van der Waals surface area contributed by atoms with E-state index in [4.69, 9.17) is 14.3 Å². The lowest BCUT2D eigenvalue weighted by Gasteiger charge is -2.29. The molecular formula is C27H26N2O5. The van der Waals surface area contributed by atoms with Gasteiger partial charge in [-0.25, -0.2) is 9.96 Å².